The number of nitrogens with one attached hydrogen (secondary N) is 2. The zero-order chi connectivity index (χ0) is 20.6. The van der Waals surface area contributed by atoms with Crippen molar-refractivity contribution in [2.75, 3.05) is 39.2 Å². The van der Waals surface area contributed by atoms with Gasteiger partial charge in [0.25, 0.3) is 5.91 Å². The number of nitrogens with zero attached hydrogens (tertiary/aromatic N) is 2. The van der Waals surface area contributed by atoms with Gasteiger partial charge in [0.15, 0.2) is 5.13 Å². The maximum atomic E-state index is 12.9. The molecule has 0 radical (unpaired) electrons. The van der Waals surface area contributed by atoms with E-state index in [4.69, 9.17) is 9.47 Å². The Morgan fingerprint density at radius 3 is 2.76 bits per heavy atom. The third-order valence-electron chi connectivity index (χ3n) is 4.48. The molecule has 0 bridgehead atoms. The van der Waals surface area contributed by atoms with Gasteiger partial charge in [-0.1, -0.05) is 12.1 Å². The lowest BCUT2D eigenvalue weighted by atomic mass is 10.3. The van der Waals surface area contributed by atoms with Crippen molar-refractivity contribution in [2.24, 2.45) is 0 Å². The molecule has 0 unspecified atom stereocenters. The second-order valence-corrected chi connectivity index (χ2v) is 7.60. The highest BCUT2D eigenvalue weighted by molar-refractivity contribution is 7.14. The normalized spacial score (nSPS) is 13.0. The predicted octanol–water partition coefficient (Wildman–Crippen LogP) is 2.65. The molecule has 2 amide bonds. The molecule has 3 rings (SSSR count). The first-order chi connectivity index (χ1) is 14.1. The molecule has 9 heteroatoms. The first kappa shape index (κ1) is 21.1. The van der Waals surface area contributed by atoms with Gasteiger partial charge in [-0.05, 0) is 25.0 Å². The van der Waals surface area contributed by atoms with Gasteiger partial charge in [0.1, 0.15) is 11.4 Å². The number of carbonyl (C=O) groups is 2. The summed E-state index contributed by atoms with van der Waals surface area (Å²) >= 11 is 1.34. The number of para-hydroxylation sites is 2. The van der Waals surface area contributed by atoms with Gasteiger partial charge < -0.3 is 25.0 Å². The largest absolute Gasteiger partial charge is 0.495 e. The quantitative estimate of drug-likeness (QED) is 0.583. The molecule has 0 aliphatic heterocycles. The van der Waals surface area contributed by atoms with E-state index in [2.05, 4.69) is 15.6 Å². The first-order valence-corrected chi connectivity index (χ1v) is 10.4. The summed E-state index contributed by atoms with van der Waals surface area (Å²) in [4.78, 5) is 30.9. The fraction of sp³-hybridized carbons (Fsp3) is 0.450. The molecule has 8 nitrogen and oxygen atoms in total. The van der Waals surface area contributed by atoms with Crippen molar-refractivity contribution >= 4 is 34.0 Å². The van der Waals surface area contributed by atoms with Gasteiger partial charge in [0.2, 0.25) is 5.91 Å². The second-order valence-electron chi connectivity index (χ2n) is 6.74. The Morgan fingerprint density at radius 2 is 2.03 bits per heavy atom. The van der Waals surface area contributed by atoms with E-state index in [1.54, 1.807) is 24.5 Å². The maximum Gasteiger partial charge on any atom is 0.273 e. The summed E-state index contributed by atoms with van der Waals surface area (Å²) in [5.74, 6) is 0.448. The Balaban J connectivity index is 1.63. The van der Waals surface area contributed by atoms with E-state index in [1.165, 1.54) is 11.3 Å². The lowest BCUT2D eigenvalue weighted by molar-refractivity contribution is -0.121. The number of hydrogen-bond donors (Lipinski definition) is 2. The number of thiazole rings is 1. The van der Waals surface area contributed by atoms with Crippen LogP contribution in [0.5, 0.6) is 5.75 Å². The standard InChI is InChI=1S/C20H26N4O4S/c1-27-12-11-24(10-9-18(25)21-14-7-8-14)19(26)16-13-29-20(23-16)22-15-5-3-4-6-17(15)28-2/h3-6,13-14H,7-12H2,1-2H3,(H,21,25)(H,22,23). The van der Waals surface area contributed by atoms with Crippen LogP contribution in [-0.2, 0) is 9.53 Å². The van der Waals surface area contributed by atoms with Crippen LogP contribution in [0.2, 0.25) is 0 Å². The second kappa shape index (κ2) is 10.2. The zero-order valence-electron chi connectivity index (χ0n) is 16.6. The van der Waals surface area contributed by atoms with Crippen molar-refractivity contribution in [3.63, 3.8) is 0 Å². The van der Waals surface area contributed by atoms with E-state index in [-0.39, 0.29) is 18.2 Å². The maximum absolute atomic E-state index is 12.9. The molecule has 29 heavy (non-hydrogen) atoms. The molecule has 1 aliphatic carbocycles. The Bertz CT molecular complexity index is 837. The number of anilines is 2. The minimum Gasteiger partial charge on any atom is -0.495 e. The van der Waals surface area contributed by atoms with E-state index >= 15 is 0 Å². The number of carbonyl (C=O) groups excluding carboxylic acids is 2. The third kappa shape index (κ3) is 6.16. The third-order valence-corrected chi connectivity index (χ3v) is 5.23. The smallest absolute Gasteiger partial charge is 0.273 e. The van der Waals surface area contributed by atoms with E-state index in [1.807, 2.05) is 24.3 Å². The van der Waals surface area contributed by atoms with Gasteiger partial charge in [-0.15, -0.1) is 11.3 Å². The van der Waals surface area contributed by atoms with Crippen LogP contribution in [0.1, 0.15) is 29.8 Å². The summed E-state index contributed by atoms with van der Waals surface area (Å²) in [6.07, 6.45) is 2.35. The van der Waals surface area contributed by atoms with Gasteiger partial charge in [0, 0.05) is 38.0 Å². The summed E-state index contributed by atoms with van der Waals surface area (Å²) in [6.45, 7) is 1.12. The zero-order valence-corrected chi connectivity index (χ0v) is 17.5. The molecular weight excluding hydrogens is 392 g/mol. The molecule has 1 aromatic carbocycles. The molecule has 1 aromatic heterocycles. The highest BCUT2D eigenvalue weighted by atomic mass is 32.1. The average Bonchev–Trinajstić information content (AvgIpc) is 3.42. The van der Waals surface area contributed by atoms with Gasteiger partial charge in [-0.25, -0.2) is 4.98 Å². The van der Waals surface area contributed by atoms with E-state index in [9.17, 15) is 9.59 Å². The Kier molecular flexibility index (Phi) is 7.42. The summed E-state index contributed by atoms with van der Waals surface area (Å²) in [5.41, 5.74) is 1.11. The first-order valence-electron chi connectivity index (χ1n) is 9.54. The minimum atomic E-state index is -0.217. The van der Waals surface area contributed by atoms with Crippen LogP contribution in [0.4, 0.5) is 10.8 Å². The summed E-state index contributed by atoms with van der Waals surface area (Å²) < 4.78 is 10.4. The minimum absolute atomic E-state index is 0.0282. The van der Waals surface area contributed by atoms with Crippen LogP contribution < -0.4 is 15.4 Å². The fourth-order valence-corrected chi connectivity index (χ4v) is 3.43. The molecule has 156 valence electrons. The van der Waals surface area contributed by atoms with Gasteiger partial charge in [-0.3, -0.25) is 9.59 Å². The summed E-state index contributed by atoms with van der Waals surface area (Å²) in [6, 6.07) is 7.82. The van der Waals surface area contributed by atoms with E-state index in [0.717, 1.165) is 18.5 Å². The van der Waals surface area contributed by atoms with Gasteiger partial charge in [-0.2, -0.15) is 0 Å². The monoisotopic (exact) mass is 418 g/mol. The molecule has 1 aliphatic rings. The number of hydrogen-bond acceptors (Lipinski definition) is 7. The Hall–Kier alpha value is -2.65. The molecule has 1 heterocycles. The lowest BCUT2D eigenvalue weighted by Crippen LogP contribution is -2.37. The molecule has 0 spiro atoms. The van der Waals surface area contributed by atoms with Crippen molar-refractivity contribution < 1.29 is 19.1 Å². The number of rotatable bonds is 11. The molecule has 1 saturated carbocycles. The Labute approximate surface area is 174 Å². The SMILES string of the molecule is COCCN(CCC(=O)NC1CC1)C(=O)c1csc(Nc2ccccc2OC)n1. The number of aromatic nitrogens is 1. The van der Waals surface area contributed by atoms with Crippen LogP contribution in [0.25, 0.3) is 0 Å². The highest BCUT2D eigenvalue weighted by Crippen LogP contribution is 2.28. The molecule has 2 aromatic rings. The van der Waals surface area contributed by atoms with Gasteiger partial charge >= 0.3 is 0 Å². The predicted molar refractivity (Wildman–Crippen MR) is 112 cm³/mol. The van der Waals surface area contributed by atoms with Crippen molar-refractivity contribution in [3.8, 4) is 5.75 Å². The fourth-order valence-electron chi connectivity index (χ4n) is 2.73. The van der Waals surface area contributed by atoms with E-state index < -0.39 is 0 Å². The average molecular weight is 419 g/mol. The summed E-state index contributed by atoms with van der Waals surface area (Å²) in [5, 5.41) is 8.43. The lowest BCUT2D eigenvalue weighted by Gasteiger charge is -2.21. The van der Waals surface area contributed by atoms with Gasteiger partial charge in [0.05, 0.1) is 19.4 Å². The van der Waals surface area contributed by atoms with Crippen LogP contribution in [0.15, 0.2) is 29.6 Å². The van der Waals surface area contributed by atoms with Crippen LogP contribution in [0, 0.1) is 0 Å². The molecule has 2 N–H and O–H groups in total. The Morgan fingerprint density at radius 1 is 1.24 bits per heavy atom. The van der Waals surface area contributed by atoms with E-state index in [0.29, 0.717) is 42.3 Å². The number of benzene rings is 1. The van der Waals surface area contributed by atoms with Crippen LogP contribution in [0.3, 0.4) is 0 Å². The van der Waals surface area contributed by atoms with Crippen molar-refractivity contribution in [1.82, 2.24) is 15.2 Å². The number of amides is 2. The molecule has 0 atom stereocenters. The molecule has 0 saturated heterocycles. The topological polar surface area (TPSA) is 92.8 Å². The van der Waals surface area contributed by atoms with Crippen LogP contribution >= 0.6 is 11.3 Å². The molecular formula is C20H26N4O4S. The molecule has 1 fully saturated rings. The van der Waals surface area contributed by atoms with Crippen molar-refractivity contribution in [1.29, 1.82) is 0 Å². The van der Waals surface area contributed by atoms with Crippen LogP contribution in [-0.4, -0.2) is 61.7 Å². The highest BCUT2D eigenvalue weighted by Gasteiger charge is 2.24. The number of methoxy groups -OCH3 is 2. The summed E-state index contributed by atoms with van der Waals surface area (Å²) in [7, 11) is 3.19. The van der Waals surface area contributed by atoms with Crippen molar-refractivity contribution in [3.05, 3.63) is 35.3 Å². The number of ether oxygens (including phenoxy) is 2. The van der Waals surface area contributed by atoms with Crippen molar-refractivity contribution in [2.45, 2.75) is 25.3 Å².